The molecule has 0 aliphatic rings. The number of rotatable bonds is 2. The first kappa shape index (κ1) is 8.33. The highest BCUT2D eigenvalue weighted by molar-refractivity contribution is 7.97. The number of aromatic nitrogens is 1. The maximum absolute atomic E-state index is 12.2. The maximum Gasteiger partial charge on any atom is 0.218 e. The van der Waals surface area contributed by atoms with Crippen LogP contribution in [0.2, 0.25) is 0 Å². The van der Waals surface area contributed by atoms with Crippen LogP contribution < -0.4 is 0 Å². The number of carbonyl (C=O) groups excluding carboxylic acids is 1. The van der Waals surface area contributed by atoms with Crippen LogP contribution in [0.25, 0.3) is 0 Å². The molecular weight excluding hydrogens is 165 g/mol. The lowest BCUT2D eigenvalue weighted by atomic mass is 10.2. The Balaban J connectivity index is 3.12. The molecule has 0 unspecified atom stereocenters. The number of nitrogens with zero attached hydrogens (tertiary/aromatic N) is 1. The molecule has 1 rings (SSSR count). The molecule has 4 heteroatoms. The number of carbonyl (C=O) groups is 1. The SMILES string of the molecule is Cn1cc(CF)c(C(=O)S)c1. The largest absolute Gasteiger partial charge is 0.356 e. The van der Waals surface area contributed by atoms with Crippen molar-refractivity contribution in [3.8, 4) is 0 Å². The predicted octanol–water partition coefficient (Wildman–Crippen LogP) is 1.56. The van der Waals surface area contributed by atoms with Crippen molar-refractivity contribution in [3.05, 3.63) is 23.5 Å². The Morgan fingerprint density at radius 3 is 2.73 bits per heavy atom. The van der Waals surface area contributed by atoms with Crippen LogP contribution >= 0.6 is 12.6 Å². The van der Waals surface area contributed by atoms with E-state index in [0.29, 0.717) is 11.1 Å². The monoisotopic (exact) mass is 173 g/mol. The first-order chi connectivity index (χ1) is 5.15. The third kappa shape index (κ3) is 1.63. The molecule has 1 heterocycles. The van der Waals surface area contributed by atoms with Crippen LogP contribution in [0.1, 0.15) is 15.9 Å². The average Bonchev–Trinajstić information content (AvgIpc) is 2.30. The van der Waals surface area contributed by atoms with E-state index in [1.165, 1.54) is 0 Å². The molecule has 0 aliphatic heterocycles. The highest BCUT2D eigenvalue weighted by atomic mass is 32.1. The maximum atomic E-state index is 12.2. The van der Waals surface area contributed by atoms with E-state index in [4.69, 9.17) is 0 Å². The molecule has 0 spiro atoms. The Hall–Kier alpha value is -0.770. The third-order valence-electron chi connectivity index (χ3n) is 1.41. The van der Waals surface area contributed by atoms with Gasteiger partial charge < -0.3 is 4.57 Å². The topological polar surface area (TPSA) is 22.0 Å². The van der Waals surface area contributed by atoms with Crippen LogP contribution in [-0.4, -0.2) is 9.68 Å². The molecule has 60 valence electrons. The van der Waals surface area contributed by atoms with Gasteiger partial charge in [-0.1, -0.05) is 0 Å². The second kappa shape index (κ2) is 3.09. The number of alkyl halides is 1. The molecule has 11 heavy (non-hydrogen) atoms. The van der Waals surface area contributed by atoms with E-state index in [1.807, 2.05) is 0 Å². The van der Waals surface area contributed by atoms with Crippen molar-refractivity contribution < 1.29 is 9.18 Å². The molecule has 0 radical (unpaired) electrons. The van der Waals surface area contributed by atoms with Crippen molar-refractivity contribution in [3.63, 3.8) is 0 Å². The Kier molecular flexibility index (Phi) is 2.34. The van der Waals surface area contributed by atoms with Crippen molar-refractivity contribution in [1.29, 1.82) is 0 Å². The van der Waals surface area contributed by atoms with Crippen LogP contribution in [0.15, 0.2) is 12.4 Å². The van der Waals surface area contributed by atoms with Crippen LogP contribution in [0.4, 0.5) is 4.39 Å². The number of thiol groups is 1. The zero-order chi connectivity index (χ0) is 8.43. The van der Waals surface area contributed by atoms with Gasteiger partial charge in [-0.25, -0.2) is 4.39 Å². The van der Waals surface area contributed by atoms with E-state index in [9.17, 15) is 9.18 Å². The Bertz CT molecular complexity index is 282. The normalized spacial score (nSPS) is 10.1. The lowest BCUT2D eigenvalue weighted by molar-refractivity contribution is 0.109. The van der Waals surface area contributed by atoms with Gasteiger partial charge in [0.25, 0.3) is 0 Å². The highest BCUT2D eigenvalue weighted by Crippen LogP contribution is 2.13. The molecule has 0 saturated carbocycles. The summed E-state index contributed by atoms with van der Waals surface area (Å²) in [6.07, 6.45) is 3.13. The van der Waals surface area contributed by atoms with E-state index in [-0.39, 0.29) is 0 Å². The second-order valence-electron chi connectivity index (χ2n) is 2.30. The lowest BCUT2D eigenvalue weighted by Crippen LogP contribution is -1.89. The van der Waals surface area contributed by atoms with Crippen molar-refractivity contribution in [2.24, 2.45) is 7.05 Å². The highest BCUT2D eigenvalue weighted by Gasteiger charge is 2.09. The first-order valence-corrected chi connectivity index (χ1v) is 3.54. The molecule has 0 fully saturated rings. The molecule has 0 saturated heterocycles. The fourth-order valence-electron chi connectivity index (χ4n) is 0.938. The summed E-state index contributed by atoms with van der Waals surface area (Å²) in [6.45, 7) is -0.623. The molecule has 0 bridgehead atoms. The first-order valence-electron chi connectivity index (χ1n) is 3.09. The molecule has 2 nitrogen and oxygen atoms in total. The van der Waals surface area contributed by atoms with E-state index >= 15 is 0 Å². The summed E-state index contributed by atoms with van der Waals surface area (Å²) in [5.41, 5.74) is 0.742. The minimum absolute atomic E-state index is 0.346. The average molecular weight is 173 g/mol. The van der Waals surface area contributed by atoms with Crippen LogP contribution in [0.5, 0.6) is 0 Å². The Morgan fingerprint density at radius 1 is 1.73 bits per heavy atom. The summed E-state index contributed by atoms with van der Waals surface area (Å²) < 4.78 is 13.8. The van der Waals surface area contributed by atoms with E-state index < -0.39 is 11.8 Å². The molecule has 0 atom stereocenters. The third-order valence-corrected chi connectivity index (χ3v) is 1.65. The van der Waals surface area contributed by atoms with Gasteiger partial charge in [-0.2, -0.15) is 0 Å². The summed E-state index contributed by atoms with van der Waals surface area (Å²) in [5.74, 6) is 0. The molecule has 1 aromatic heterocycles. The summed E-state index contributed by atoms with van der Waals surface area (Å²) in [7, 11) is 1.74. The standard InChI is InChI=1S/C7H8FNOS/c1-9-3-5(2-8)6(4-9)7(10)11/h3-4H,2H2,1H3,(H,10,11). The van der Waals surface area contributed by atoms with E-state index in [1.54, 1.807) is 24.0 Å². The lowest BCUT2D eigenvalue weighted by Gasteiger charge is -1.89. The van der Waals surface area contributed by atoms with Gasteiger partial charge in [-0.05, 0) is 0 Å². The molecule has 0 aliphatic carbocycles. The minimum atomic E-state index is -0.623. The van der Waals surface area contributed by atoms with E-state index in [0.717, 1.165) is 0 Å². The fraction of sp³-hybridized carbons (Fsp3) is 0.286. The summed E-state index contributed by atoms with van der Waals surface area (Å²) in [5, 5.41) is -0.391. The molecule has 0 aromatic carbocycles. The fourth-order valence-corrected chi connectivity index (χ4v) is 1.14. The van der Waals surface area contributed by atoms with Gasteiger partial charge in [0, 0.05) is 25.0 Å². The van der Waals surface area contributed by atoms with Gasteiger partial charge in [0.15, 0.2) is 0 Å². The minimum Gasteiger partial charge on any atom is -0.356 e. The second-order valence-corrected chi connectivity index (χ2v) is 2.71. The van der Waals surface area contributed by atoms with Gasteiger partial charge in [-0.15, -0.1) is 12.6 Å². The molecule has 1 aromatic rings. The smallest absolute Gasteiger partial charge is 0.218 e. The number of aryl methyl sites for hydroxylation is 1. The summed E-state index contributed by atoms with van der Waals surface area (Å²) in [6, 6.07) is 0. The van der Waals surface area contributed by atoms with Crippen LogP contribution in [0, 0.1) is 0 Å². The summed E-state index contributed by atoms with van der Waals surface area (Å²) >= 11 is 3.61. The van der Waals surface area contributed by atoms with Crippen molar-refractivity contribution in [2.75, 3.05) is 0 Å². The molecule has 0 N–H and O–H groups in total. The Labute approximate surface area is 69.4 Å². The predicted molar refractivity (Wildman–Crippen MR) is 43.5 cm³/mol. The summed E-state index contributed by atoms with van der Waals surface area (Å²) in [4.78, 5) is 10.7. The van der Waals surface area contributed by atoms with Gasteiger partial charge in [-0.3, -0.25) is 4.79 Å². The van der Waals surface area contributed by atoms with E-state index in [2.05, 4.69) is 12.6 Å². The van der Waals surface area contributed by atoms with Crippen molar-refractivity contribution in [1.82, 2.24) is 4.57 Å². The Morgan fingerprint density at radius 2 is 2.36 bits per heavy atom. The van der Waals surface area contributed by atoms with Crippen molar-refractivity contribution >= 4 is 17.7 Å². The zero-order valence-corrected chi connectivity index (χ0v) is 6.94. The van der Waals surface area contributed by atoms with Crippen LogP contribution in [-0.2, 0) is 13.7 Å². The van der Waals surface area contributed by atoms with Crippen molar-refractivity contribution in [2.45, 2.75) is 6.67 Å². The quantitative estimate of drug-likeness (QED) is 0.673. The zero-order valence-electron chi connectivity index (χ0n) is 6.04. The van der Waals surface area contributed by atoms with Gasteiger partial charge in [0.05, 0.1) is 5.56 Å². The van der Waals surface area contributed by atoms with Crippen LogP contribution in [0.3, 0.4) is 0 Å². The van der Waals surface area contributed by atoms with Gasteiger partial charge in [0.2, 0.25) is 5.12 Å². The number of hydrogen-bond donors (Lipinski definition) is 1. The van der Waals surface area contributed by atoms with Gasteiger partial charge in [0.1, 0.15) is 6.67 Å². The van der Waals surface area contributed by atoms with Gasteiger partial charge >= 0.3 is 0 Å². The molecule has 0 amide bonds. The molecular formula is C7H8FNOS. The number of hydrogen-bond acceptors (Lipinski definition) is 1. The number of halogens is 1.